The minimum atomic E-state index is 0.0984. The number of amides is 1. The van der Waals surface area contributed by atoms with Gasteiger partial charge in [-0.2, -0.15) is 15.4 Å². The Morgan fingerprint density at radius 2 is 1.85 bits per heavy atom. The molecule has 0 bridgehead atoms. The molecule has 0 saturated carbocycles. The Balaban J connectivity index is 1.96. The van der Waals surface area contributed by atoms with E-state index in [4.69, 9.17) is 0 Å². The summed E-state index contributed by atoms with van der Waals surface area (Å²) in [5.74, 6) is 0.418. The third-order valence-electron chi connectivity index (χ3n) is 4.10. The molecule has 0 fully saturated rings. The van der Waals surface area contributed by atoms with Gasteiger partial charge in [0.2, 0.25) is 5.91 Å². The molecule has 1 amide bonds. The fourth-order valence-corrected chi connectivity index (χ4v) is 2.78. The third kappa shape index (κ3) is 3.58. The summed E-state index contributed by atoms with van der Waals surface area (Å²) in [7, 11) is 0. The van der Waals surface area contributed by atoms with Gasteiger partial charge in [0.05, 0.1) is 11.4 Å². The molecule has 0 saturated heterocycles. The van der Waals surface area contributed by atoms with Gasteiger partial charge in [-0.05, 0) is 25.7 Å². The van der Waals surface area contributed by atoms with Gasteiger partial charge in [0, 0.05) is 25.4 Å². The van der Waals surface area contributed by atoms with Crippen LogP contribution in [0, 0.1) is 5.92 Å². The van der Waals surface area contributed by atoms with E-state index in [1.807, 2.05) is 0 Å². The molecule has 20 heavy (non-hydrogen) atoms. The van der Waals surface area contributed by atoms with Crippen molar-refractivity contribution in [3.63, 3.8) is 0 Å². The Labute approximate surface area is 121 Å². The van der Waals surface area contributed by atoms with Crippen LogP contribution in [0.3, 0.4) is 0 Å². The highest BCUT2D eigenvalue weighted by Crippen LogP contribution is 2.24. The van der Waals surface area contributed by atoms with Gasteiger partial charge in [-0.15, -0.1) is 0 Å². The molecule has 0 spiro atoms. The molecule has 5 nitrogen and oxygen atoms in total. The molecular formula is C15H26N4O. The predicted molar refractivity (Wildman–Crippen MR) is 78.3 cm³/mol. The van der Waals surface area contributed by atoms with Crippen LogP contribution in [-0.2, 0) is 17.6 Å². The number of rotatable bonds is 7. The van der Waals surface area contributed by atoms with Crippen molar-refractivity contribution in [3.05, 3.63) is 11.4 Å². The second-order valence-electron chi connectivity index (χ2n) is 5.69. The topological polar surface area (TPSA) is 61.9 Å². The Morgan fingerprint density at radius 3 is 2.50 bits per heavy atom. The van der Waals surface area contributed by atoms with E-state index in [2.05, 4.69) is 34.2 Å². The van der Waals surface area contributed by atoms with Crippen molar-refractivity contribution in [1.82, 2.24) is 20.3 Å². The number of aromatic nitrogens is 3. The largest absolute Gasteiger partial charge is 0.342 e. The maximum Gasteiger partial charge on any atom is 0.226 e. The molecular weight excluding hydrogens is 252 g/mol. The van der Waals surface area contributed by atoms with Gasteiger partial charge in [0.25, 0.3) is 0 Å². The first-order chi connectivity index (χ1) is 9.76. The Bertz CT molecular complexity index is 421. The Hall–Kier alpha value is -1.39. The van der Waals surface area contributed by atoms with Crippen LogP contribution in [-0.4, -0.2) is 39.3 Å². The average Bonchev–Trinajstić information content (AvgIpc) is 2.94. The summed E-state index contributed by atoms with van der Waals surface area (Å²) in [4.78, 5) is 14.8. The van der Waals surface area contributed by atoms with E-state index in [1.165, 1.54) is 0 Å². The zero-order chi connectivity index (χ0) is 14.4. The highest BCUT2D eigenvalue weighted by atomic mass is 16.2. The molecule has 1 heterocycles. The first kappa shape index (κ1) is 15.0. The number of aromatic amines is 1. The number of hydrogen-bond donors (Lipinski definition) is 1. The van der Waals surface area contributed by atoms with Crippen molar-refractivity contribution >= 4 is 5.91 Å². The van der Waals surface area contributed by atoms with Crippen molar-refractivity contribution in [2.24, 2.45) is 5.92 Å². The van der Waals surface area contributed by atoms with Gasteiger partial charge in [-0.3, -0.25) is 4.79 Å². The summed E-state index contributed by atoms with van der Waals surface area (Å²) in [5, 5.41) is 11.0. The normalized spacial score (nSPS) is 17.8. The van der Waals surface area contributed by atoms with E-state index in [-0.39, 0.29) is 5.92 Å². The molecule has 2 rings (SSSR count). The van der Waals surface area contributed by atoms with Gasteiger partial charge < -0.3 is 4.90 Å². The second kappa shape index (κ2) is 7.41. The molecule has 1 N–H and O–H groups in total. The number of hydrogen-bond acceptors (Lipinski definition) is 3. The zero-order valence-electron chi connectivity index (χ0n) is 12.7. The van der Waals surface area contributed by atoms with E-state index in [0.717, 1.165) is 69.4 Å². The number of H-pyrrole nitrogens is 1. The van der Waals surface area contributed by atoms with Crippen LogP contribution in [0.2, 0.25) is 0 Å². The van der Waals surface area contributed by atoms with Crippen LogP contribution in [0.4, 0.5) is 0 Å². The standard InChI is InChI=1S/C15H26N4O/c1-3-5-9-19(10-6-4-2)15(20)12-7-8-13-14(11-12)17-18-16-13/h12H,3-11H2,1-2H3,(H,16,17,18). The number of nitrogens with zero attached hydrogens (tertiary/aromatic N) is 3. The maximum absolute atomic E-state index is 12.7. The monoisotopic (exact) mass is 278 g/mol. The fraction of sp³-hybridized carbons (Fsp3) is 0.800. The minimum absolute atomic E-state index is 0.0984. The van der Waals surface area contributed by atoms with Crippen molar-refractivity contribution in [3.8, 4) is 0 Å². The number of unbranched alkanes of at least 4 members (excludes halogenated alkanes) is 2. The molecule has 0 aliphatic heterocycles. The van der Waals surface area contributed by atoms with Gasteiger partial charge in [0.1, 0.15) is 0 Å². The van der Waals surface area contributed by atoms with E-state index < -0.39 is 0 Å². The lowest BCUT2D eigenvalue weighted by Gasteiger charge is -2.28. The molecule has 1 atom stereocenters. The van der Waals surface area contributed by atoms with Crippen molar-refractivity contribution in [2.45, 2.75) is 58.8 Å². The van der Waals surface area contributed by atoms with Crippen LogP contribution in [0.15, 0.2) is 0 Å². The van der Waals surface area contributed by atoms with E-state index >= 15 is 0 Å². The Kier molecular flexibility index (Phi) is 5.56. The van der Waals surface area contributed by atoms with Crippen molar-refractivity contribution < 1.29 is 4.79 Å². The van der Waals surface area contributed by atoms with Crippen LogP contribution in [0.1, 0.15) is 57.3 Å². The molecule has 1 aliphatic rings. The number of aryl methyl sites for hydroxylation is 1. The van der Waals surface area contributed by atoms with E-state index in [9.17, 15) is 4.79 Å². The van der Waals surface area contributed by atoms with Crippen molar-refractivity contribution in [1.29, 1.82) is 0 Å². The van der Waals surface area contributed by atoms with Gasteiger partial charge >= 0.3 is 0 Å². The minimum Gasteiger partial charge on any atom is -0.342 e. The highest BCUT2D eigenvalue weighted by molar-refractivity contribution is 5.79. The number of fused-ring (bicyclic) bond motifs is 1. The van der Waals surface area contributed by atoms with Crippen LogP contribution < -0.4 is 0 Å². The molecule has 1 aromatic heterocycles. The summed E-state index contributed by atoms with van der Waals surface area (Å²) < 4.78 is 0. The number of carbonyl (C=O) groups excluding carboxylic acids is 1. The summed E-state index contributed by atoms with van der Waals surface area (Å²) in [6.45, 7) is 6.14. The van der Waals surface area contributed by atoms with Gasteiger partial charge in [0.15, 0.2) is 0 Å². The predicted octanol–water partition coefficient (Wildman–Crippen LogP) is 2.34. The number of carbonyl (C=O) groups is 1. The van der Waals surface area contributed by atoms with Crippen LogP contribution in [0.5, 0.6) is 0 Å². The summed E-state index contributed by atoms with van der Waals surface area (Å²) in [6.07, 6.45) is 6.99. The van der Waals surface area contributed by atoms with Crippen LogP contribution in [0.25, 0.3) is 0 Å². The van der Waals surface area contributed by atoms with E-state index in [1.54, 1.807) is 0 Å². The maximum atomic E-state index is 12.7. The van der Waals surface area contributed by atoms with Crippen LogP contribution >= 0.6 is 0 Å². The fourth-order valence-electron chi connectivity index (χ4n) is 2.78. The molecule has 1 aromatic rings. The summed E-state index contributed by atoms with van der Waals surface area (Å²) in [5.41, 5.74) is 2.03. The molecule has 112 valence electrons. The first-order valence-corrected chi connectivity index (χ1v) is 7.93. The lowest BCUT2D eigenvalue weighted by molar-refractivity contribution is -0.136. The Morgan fingerprint density at radius 1 is 1.20 bits per heavy atom. The smallest absolute Gasteiger partial charge is 0.226 e. The average molecular weight is 278 g/mol. The molecule has 0 aromatic carbocycles. The molecule has 5 heteroatoms. The lowest BCUT2D eigenvalue weighted by Crippen LogP contribution is -2.39. The zero-order valence-corrected chi connectivity index (χ0v) is 12.7. The SMILES string of the molecule is CCCCN(CCCC)C(=O)C1CCc2n[nH]nc2C1. The number of nitrogens with one attached hydrogen (secondary N) is 1. The molecule has 1 aliphatic carbocycles. The third-order valence-corrected chi connectivity index (χ3v) is 4.10. The van der Waals surface area contributed by atoms with E-state index in [0.29, 0.717) is 5.91 Å². The van der Waals surface area contributed by atoms with Crippen molar-refractivity contribution in [2.75, 3.05) is 13.1 Å². The summed E-state index contributed by atoms with van der Waals surface area (Å²) >= 11 is 0. The quantitative estimate of drug-likeness (QED) is 0.832. The molecule has 1 unspecified atom stereocenters. The van der Waals surface area contributed by atoms with Gasteiger partial charge in [-0.1, -0.05) is 26.7 Å². The second-order valence-corrected chi connectivity index (χ2v) is 5.69. The van der Waals surface area contributed by atoms with Gasteiger partial charge in [-0.25, -0.2) is 0 Å². The first-order valence-electron chi connectivity index (χ1n) is 7.93. The summed E-state index contributed by atoms with van der Waals surface area (Å²) in [6, 6.07) is 0. The highest BCUT2D eigenvalue weighted by Gasteiger charge is 2.29. The molecule has 0 radical (unpaired) electrons. The lowest BCUT2D eigenvalue weighted by atomic mass is 9.88.